The molecule has 0 fully saturated rings. The summed E-state index contributed by atoms with van der Waals surface area (Å²) in [6.45, 7) is 4.58. The number of halogens is 6. The van der Waals surface area contributed by atoms with Gasteiger partial charge in [-0.2, -0.15) is 10.2 Å². The molecule has 0 spiro atoms. The summed E-state index contributed by atoms with van der Waals surface area (Å²) in [6, 6.07) is 0. The molecule has 27 heavy (non-hydrogen) atoms. The number of nitrogens with zero attached hydrogens (tertiary/aromatic N) is 2. The first-order valence-electron chi connectivity index (χ1n) is 7.63. The van der Waals surface area contributed by atoms with Crippen molar-refractivity contribution in [3.8, 4) is 0 Å². The Morgan fingerprint density at radius 2 is 1.19 bits per heavy atom. The largest absolute Gasteiger partial charge is 0.543 e. The number of carbonyl (C=O) groups is 2. The number of carboxylic acid groups (broad SMARTS) is 2. The first-order chi connectivity index (χ1) is 12.5. The molecule has 0 bridgehead atoms. The Morgan fingerprint density at radius 1 is 0.889 bits per heavy atom. The van der Waals surface area contributed by atoms with Crippen LogP contribution < -0.4 is 10.2 Å². The van der Waals surface area contributed by atoms with E-state index in [1.54, 1.807) is 8.87 Å². The summed E-state index contributed by atoms with van der Waals surface area (Å²) < 4.78 is 74.1. The third kappa shape index (κ3) is 6.81. The van der Waals surface area contributed by atoms with Crippen LogP contribution in [-0.4, -0.2) is 55.9 Å². The van der Waals surface area contributed by atoms with E-state index in [2.05, 4.69) is 13.8 Å². The molecule has 0 aliphatic carbocycles. The van der Waals surface area contributed by atoms with Gasteiger partial charge >= 0.3 is 56.7 Å². The fourth-order valence-corrected chi connectivity index (χ4v) is 4.30. The SMILES string of the molecule is CC[CH2][Sn+2][CH2]CC.O=C([O-])C1=C(F)C(F)N1F.O=C([O-])C1=C(F)C(F)N1F. The third-order valence-electron chi connectivity index (χ3n) is 2.94. The van der Waals surface area contributed by atoms with Crippen molar-refractivity contribution in [1.29, 1.82) is 0 Å². The zero-order valence-corrected chi connectivity index (χ0v) is 17.1. The molecule has 0 saturated carbocycles. The molecule has 0 aromatic carbocycles. The van der Waals surface area contributed by atoms with Gasteiger partial charge in [0.15, 0.2) is 11.7 Å². The second kappa shape index (κ2) is 12.0. The fraction of sp³-hybridized carbons (Fsp3) is 0.571. The van der Waals surface area contributed by atoms with Gasteiger partial charge in [-0.25, -0.2) is 17.6 Å². The molecule has 0 N–H and O–H groups in total. The molecule has 0 amide bonds. The van der Waals surface area contributed by atoms with E-state index in [9.17, 15) is 46.3 Å². The van der Waals surface area contributed by atoms with Crippen molar-refractivity contribution in [2.24, 2.45) is 0 Å². The number of rotatable bonds is 6. The molecule has 0 saturated heterocycles. The minimum Gasteiger partial charge on any atom is -0.543 e. The summed E-state index contributed by atoms with van der Waals surface area (Å²) in [6.07, 6.45) is -2.28. The van der Waals surface area contributed by atoms with E-state index in [4.69, 9.17) is 0 Å². The summed E-state index contributed by atoms with van der Waals surface area (Å²) in [5, 5.41) is 17.7. The predicted molar refractivity (Wildman–Crippen MR) is 77.9 cm³/mol. The minimum atomic E-state index is -2.58. The maximum absolute atomic E-state index is 11.9. The second-order valence-electron chi connectivity index (χ2n) is 5.01. The molecular weight excluding hydrogens is 493 g/mol. The van der Waals surface area contributed by atoms with Crippen LogP contribution in [0.5, 0.6) is 0 Å². The maximum atomic E-state index is 11.9. The molecule has 2 unspecified atom stereocenters. The van der Waals surface area contributed by atoms with Crippen molar-refractivity contribution in [3.63, 3.8) is 0 Å². The number of carboxylic acids is 2. The van der Waals surface area contributed by atoms with E-state index in [0.29, 0.717) is 0 Å². The van der Waals surface area contributed by atoms with Crippen LogP contribution in [0.4, 0.5) is 26.5 Å². The zero-order valence-electron chi connectivity index (χ0n) is 14.3. The summed E-state index contributed by atoms with van der Waals surface area (Å²) in [5.74, 6) is -7.40. The molecule has 2 rings (SSSR count). The average molecular weight is 509 g/mol. The maximum Gasteiger partial charge on any atom is 0.254 e. The number of alkyl halides is 2. The normalized spacial score (nSPS) is 20.4. The molecule has 2 aliphatic rings. The van der Waals surface area contributed by atoms with Gasteiger partial charge < -0.3 is 19.8 Å². The van der Waals surface area contributed by atoms with Gasteiger partial charge in [0, 0.05) is 0 Å². The summed E-state index contributed by atoms with van der Waals surface area (Å²) in [7, 11) is 0. The predicted octanol–water partition coefficient (Wildman–Crippen LogP) is 1.17. The Hall–Kier alpha value is -1.60. The Morgan fingerprint density at radius 3 is 1.33 bits per heavy atom. The van der Waals surface area contributed by atoms with Crippen LogP contribution in [-0.2, 0) is 9.59 Å². The zero-order chi connectivity index (χ0) is 21.3. The van der Waals surface area contributed by atoms with Crippen molar-refractivity contribution >= 4 is 33.1 Å². The van der Waals surface area contributed by atoms with Crippen molar-refractivity contribution in [2.75, 3.05) is 0 Å². The van der Waals surface area contributed by atoms with Crippen LogP contribution in [0, 0.1) is 0 Å². The van der Waals surface area contributed by atoms with Crippen LogP contribution in [0.3, 0.4) is 0 Å². The first-order valence-corrected chi connectivity index (χ1v) is 11.7. The van der Waals surface area contributed by atoms with Crippen molar-refractivity contribution in [1.82, 2.24) is 10.2 Å². The Bertz CT molecular complexity index is 554. The van der Waals surface area contributed by atoms with Gasteiger partial charge in [-0.15, -0.1) is 0 Å². The molecule has 6 nitrogen and oxygen atoms in total. The molecule has 152 valence electrons. The van der Waals surface area contributed by atoms with Gasteiger partial charge in [-0.1, -0.05) is 8.96 Å². The van der Waals surface area contributed by atoms with E-state index in [1.165, 1.54) is 12.8 Å². The second-order valence-corrected chi connectivity index (χ2v) is 9.29. The summed E-state index contributed by atoms with van der Waals surface area (Å²) in [4.78, 5) is 19.4. The van der Waals surface area contributed by atoms with E-state index < -0.39 is 57.8 Å². The van der Waals surface area contributed by atoms with Crippen LogP contribution in [0.15, 0.2) is 23.0 Å². The smallest absolute Gasteiger partial charge is 0.254 e. The van der Waals surface area contributed by atoms with Crippen LogP contribution in [0.1, 0.15) is 26.7 Å². The molecule has 2 heterocycles. The molecule has 0 radical (unpaired) electrons. The minimum absolute atomic E-state index is 0.181. The van der Waals surface area contributed by atoms with Crippen LogP contribution >= 0.6 is 0 Å². The number of carbonyl (C=O) groups excluding carboxylic acids is 2. The first kappa shape index (κ1) is 25.4. The fourth-order valence-electron chi connectivity index (χ4n) is 1.57. The number of hydrogen-bond acceptors (Lipinski definition) is 6. The van der Waals surface area contributed by atoms with Gasteiger partial charge in [0.25, 0.3) is 12.6 Å². The molecule has 2 aliphatic heterocycles. The van der Waals surface area contributed by atoms with Crippen molar-refractivity contribution in [3.05, 3.63) is 23.0 Å². The quantitative estimate of drug-likeness (QED) is 0.176. The summed E-state index contributed by atoms with van der Waals surface area (Å²) in [5.41, 5.74) is -2.74. The van der Waals surface area contributed by atoms with E-state index >= 15 is 0 Å². The number of aliphatic carboxylic acids is 2. The monoisotopic (exact) mass is 510 g/mol. The topological polar surface area (TPSA) is 86.7 Å². The van der Waals surface area contributed by atoms with Crippen LogP contribution in [0.25, 0.3) is 0 Å². The van der Waals surface area contributed by atoms with Crippen molar-refractivity contribution in [2.45, 2.75) is 48.2 Å². The third-order valence-corrected chi connectivity index (χ3v) is 7.81. The Kier molecular flexibility index (Phi) is 11.3. The standard InChI is InChI=1S/2C4H2F3NO2.2C3H7.Sn/c2*5-1-2(4(9)10)8(7)3(1)6;2*1-3-2;/h2*3H,(H,9,10);2*1,3H2,2H3;/q;;;;+2/p-2. The Labute approximate surface area is 161 Å². The Balaban J connectivity index is 0.000000384. The number of hydrogen-bond donors (Lipinski definition) is 0. The average Bonchev–Trinajstić information content (AvgIpc) is 2.62. The molecule has 2 atom stereocenters. The van der Waals surface area contributed by atoms with E-state index in [0.717, 1.165) is 0 Å². The van der Waals surface area contributed by atoms with E-state index in [-0.39, 0.29) is 21.1 Å². The van der Waals surface area contributed by atoms with Gasteiger partial charge in [0.05, 0.1) is 11.9 Å². The molecular formula is C14H16F6N2O4Sn. The van der Waals surface area contributed by atoms with Gasteiger partial charge in [-0.3, -0.25) is 0 Å². The van der Waals surface area contributed by atoms with Gasteiger partial charge in [-0.05, 0) is 0 Å². The summed E-state index contributed by atoms with van der Waals surface area (Å²) >= 11 is 0.181. The molecule has 0 aromatic rings. The van der Waals surface area contributed by atoms with Gasteiger partial charge in [0.1, 0.15) is 11.4 Å². The van der Waals surface area contributed by atoms with E-state index in [1.807, 2.05) is 0 Å². The molecule has 0 aromatic heterocycles. The molecule has 13 heteroatoms. The van der Waals surface area contributed by atoms with Crippen molar-refractivity contribution < 1.29 is 46.3 Å². The van der Waals surface area contributed by atoms with Crippen LogP contribution in [0.2, 0.25) is 8.87 Å². The van der Waals surface area contributed by atoms with Gasteiger partial charge in [0.2, 0.25) is 0 Å².